The lowest BCUT2D eigenvalue weighted by Crippen LogP contribution is -2.44. The van der Waals surface area contributed by atoms with Crippen LogP contribution in [-0.4, -0.2) is 10.5 Å². The Bertz CT molecular complexity index is 916. The molecule has 0 saturated carbocycles. The predicted molar refractivity (Wildman–Crippen MR) is 96.5 cm³/mol. The standard InChI is InChI=1S/C23H26N/c1-5-15(2)14-23-19-13-9-8-12-18(19)21(3)16-10-6-7-11-17(16)22(4)20(23)24(21,22)23/h6-13,15,20H,5,14H2,1-4H3/q+1/t15?,20?,21?,22-,23+,24?/m0/s1. The summed E-state index contributed by atoms with van der Waals surface area (Å²) in [6.07, 6.45) is 2.64. The maximum Gasteiger partial charge on any atom is 0.211 e. The molecule has 0 aliphatic carbocycles. The molecule has 0 N–H and O–H groups in total. The minimum absolute atomic E-state index is 0.167. The second-order valence-electron chi connectivity index (χ2n) is 9.08. The molecular weight excluding hydrogens is 290 g/mol. The summed E-state index contributed by atoms with van der Waals surface area (Å²) in [7, 11) is 0. The first kappa shape index (κ1) is 13.7. The molecule has 24 heavy (non-hydrogen) atoms. The van der Waals surface area contributed by atoms with E-state index in [0.717, 1.165) is 12.0 Å². The predicted octanol–water partition coefficient (Wildman–Crippen LogP) is 5.04. The molecule has 1 heteroatoms. The van der Waals surface area contributed by atoms with Gasteiger partial charge in [0.2, 0.25) is 6.04 Å². The molecule has 122 valence electrons. The van der Waals surface area contributed by atoms with Gasteiger partial charge in [-0.1, -0.05) is 68.8 Å². The summed E-state index contributed by atoms with van der Waals surface area (Å²) in [5.74, 6) is 0.800. The van der Waals surface area contributed by atoms with Crippen molar-refractivity contribution in [1.82, 2.24) is 0 Å². The fourth-order valence-electron chi connectivity index (χ4n) is 7.83. The summed E-state index contributed by atoms with van der Waals surface area (Å²) in [6, 6.07) is 19.5. The minimum Gasteiger partial charge on any atom is -0.270 e. The SMILES string of the molecule is CCC(C)C[C@@]12c3ccccc3C3(C)c4ccccc4[C@@]4(C)C1[N+]342. The number of rotatable bonds is 3. The van der Waals surface area contributed by atoms with Crippen LogP contribution in [0.3, 0.4) is 0 Å². The van der Waals surface area contributed by atoms with Crippen LogP contribution in [0.2, 0.25) is 0 Å². The van der Waals surface area contributed by atoms with Crippen molar-refractivity contribution in [3.8, 4) is 0 Å². The average molecular weight is 316 g/mol. The molecule has 1 spiro atoms. The van der Waals surface area contributed by atoms with Crippen molar-refractivity contribution in [1.29, 1.82) is 0 Å². The van der Waals surface area contributed by atoms with Gasteiger partial charge < -0.3 is 0 Å². The number of hydrogen-bond acceptors (Lipinski definition) is 0. The molecule has 4 heterocycles. The van der Waals surface area contributed by atoms with E-state index in [1.54, 1.807) is 22.3 Å². The molecule has 2 aromatic carbocycles. The maximum absolute atomic E-state index is 2.54. The quantitative estimate of drug-likeness (QED) is 0.550. The molecule has 6 rings (SSSR count). The van der Waals surface area contributed by atoms with Crippen LogP contribution >= 0.6 is 0 Å². The second kappa shape index (κ2) is 3.51. The van der Waals surface area contributed by atoms with Crippen LogP contribution in [0.25, 0.3) is 0 Å². The lowest BCUT2D eigenvalue weighted by molar-refractivity contribution is -0.833. The van der Waals surface area contributed by atoms with E-state index < -0.39 is 0 Å². The van der Waals surface area contributed by atoms with Crippen molar-refractivity contribution < 1.29 is 4.48 Å². The zero-order valence-electron chi connectivity index (χ0n) is 15.1. The van der Waals surface area contributed by atoms with Crippen LogP contribution in [0.4, 0.5) is 0 Å². The van der Waals surface area contributed by atoms with Gasteiger partial charge in [0.1, 0.15) is 0 Å². The Kier molecular flexibility index (Phi) is 2.00. The Balaban J connectivity index is 1.67. The summed E-state index contributed by atoms with van der Waals surface area (Å²) < 4.78 is 1.32. The normalized spacial score (nSPS) is 45.9. The number of fused-ring (bicyclic) bond motifs is 8. The summed E-state index contributed by atoms with van der Waals surface area (Å²) in [6.45, 7) is 9.89. The van der Waals surface area contributed by atoms with E-state index in [1.807, 2.05) is 0 Å². The molecule has 4 unspecified atom stereocenters. The first-order valence-corrected chi connectivity index (χ1v) is 9.62. The number of quaternary nitrogens is 1. The van der Waals surface area contributed by atoms with Crippen LogP contribution < -0.4 is 0 Å². The molecule has 1 nitrogen and oxygen atoms in total. The summed E-state index contributed by atoms with van der Waals surface area (Å²) in [5.41, 5.74) is 7.43. The number of hydrogen-bond donors (Lipinski definition) is 0. The zero-order chi connectivity index (χ0) is 16.5. The lowest BCUT2D eigenvalue weighted by atomic mass is 9.72. The smallest absolute Gasteiger partial charge is 0.211 e. The van der Waals surface area contributed by atoms with Crippen LogP contribution in [0, 0.1) is 5.92 Å². The first-order chi connectivity index (χ1) is 11.5. The van der Waals surface area contributed by atoms with Crippen LogP contribution in [0.15, 0.2) is 48.5 Å². The van der Waals surface area contributed by atoms with Gasteiger partial charge in [0.05, 0.1) is 0 Å². The molecule has 4 aliphatic rings. The molecule has 0 aromatic heterocycles. The molecule has 4 aliphatic heterocycles. The van der Waals surface area contributed by atoms with Gasteiger partial charge in [-0.2, -0.15) is 0 Å². The molecule has 2 aromatic rings. The molecule has 2 fully saturated rings. The Morgan fingerprint density at radius 1 is 0.917 bits per heavy atom. The van der Waals surface area contributed by atoms with E-state index in [1.165, 1.54) is 17.3 Å². The summed E-state index contributed by atoms with van der Waals surface area (Å²) in [4.78, 5) is 0. The van der Waals surface area contributed by atoms with Gasteiger partial charge >= 0.3 is 0 Å². The molecule has 6 atom stereocenters. The zero-order valence-corrected chi connectivity index (χ0v) is 15.1. The second-order valence-corrected chi connectivity index (χ2v) is 9.08. The Morgan fingerprint density at radius 2 is 1.46 bits per heavy atom. The fraction of sp³-hybridized carbons (Fsp3) is 0.478. The minimum atomic E-state index is 0.167. The summed E-state index contributed by atoms with van der Waals surface area (Å²) >= 11 is 0. The topological polar surface area (TPSA) is 0 Å². The molecule has 0 bridgehead atoms. The van der Waals surface area contributed by atoms with E-state index in [9.17, 15) is 0 Å². The third-order valence-corrected chi connectivity index (χ3v) is 8.58. The largest absolute Gasteiger partial charge is 0.270 e. The Labute approximate surface area is 144 Å². The van der Waals surface area contributed by atoms with Gasteiger partial charge in [-0.25, -0.2) is 0 Å². The van der Waals surface area contributed by atoms with Crippen molar-refractivity contribution >= 4 is 0 Å². The van der Waals surface area contributed by atoms with Crippen LogP contribution in [0.5, 0.6) is 0 Å². The number of benzene rings is 2. The molecular formula is C23H26N+. The van der Waals surface area contributed by atoms with Crippen molar-refractivity contribution in [3.63, 3.8) is 0 Å². The lowest BCUT2D eigenvalue weighted by Gasteiger charge is -2.32. The van der Waals surface area contributed by atoms with Crippen molar-refractivity contribution in [2.75, 3.05) is 0 Å². The van der Waals surface area contributed by atoms with Gasteiger partial charge in [-0.05, 0) is 12.8 Å². The van der Waals surface area contributed by atoms with E-state index in [2.05, 4.69) is 76.2 Å². The molecule has 2 saturated heterocycles. The summed E-state index contributed by atoms with van der Waals surface area (Å²) in [5, 5.41) is 0. The van der Waals surface area contributed by atoms with Gasteiger partial charge in [0, 0.05) is 35.6 Å². The number of nitrogens with zero attached hydrogens (tertiary/aromatic N) is 1. The third-order valence-electron chi connectivity index (χ3n) is 8.58. The van der Waals surface area contributed by atoms with E-state index in [0.29, 0.717) is 11.1 Å². The third kappa shape index (κ3) is 0.899. The van der Waals surface area contributed by atoms with Gasteiger partial charge in [0.15, 0.2) is 16.6 Å². The Hall–Kier alpha value is -1.60. The van der Waals surface area contributed by atoms with Crippen molar-refractivity contribution in [2.45, 2.75) is 63.2 Å². The van der Waals surface area contributed by atoms with Crippen molar-refractivity contribution in [2.24, 2.45) is 5.92 Å². The highest BCUT2D eigenvalue weighted by atomic mass is 15.8. The highest BCUT2D eigenvalue weighted by Crippen LogP contribution is 2.97. The highest BCUT2D eigenvalue weighted by Gasteiger charge is 3.15. The monoisotopic (exact) mass is 316 g/mol. The van der Waals surface area contributed by atoms with Gasteiger partial charge in [0.25, 0.3) is 0 Å². The average Bonchev–Trinajstić information content (AvgIpc) is 3.41. The van der Waals surface area contributed by atoms with E-state index in [-0.39, 0.29) is 5.54 Å². The molecule has 0 radical (unpaired) electrons. The van der Waals surface area contributed by atoms with Gasteiger partial charge in [-0.3, -0.25) is 4.48 Å². The van der Waals surface area contributed by atoms with E-state index >= 15 is 0 Å². The Morgan fingerprint density at radius 3 is 2.08 bits per heavy atom. The molecule has 0 amide bonds. The van der Waals surface area contributed by atoms with Crippen molar-refractivity contribution in [3.05, 3.63) is 70.8 Å². The highest BCUT2D eigenvalue weighted by molar-refractivity contribution is 5.66. The first-order valence-electron chi connectivity index (χ1n) is 9.62. The fourth-order valence-corrected chi connectivity index (χ4v) is 7.83. The van der Waals surface area contributed by atoms with E-state index in [4.69, 9.17) is 0 Å². The van der Waals surface area contributed by atoms with Crippen LogP contribution in [0.1, 0.15) is 62.8 Å². The van der Waals surface area contributed by atoms with Gasteiger partial charge in [-0.15, -0.1) is 0 Å². The van der Waals surface area contributed by atoms with Crippen LogP contribution in [-0.2, 0) is 16.6 Å². The maximum atomic E-state index is 2.54.